The maximum absolute atomic E-state index is 12.9. The van der Waals surface area contributed by atoms with E-state index in [-0.39, 0.29) is 5.91 Å². The predicted molar refractivity (Wildman–Crippen MR) is 86.0 cm³/mol. The van der Waals surface area contributed by atoms with Crippen molar-refractivity contribution in [1.82, 2.24) is 9.80 Å². The van der Waals surface area contributed by atoms with E-state index in [0.29, 0.717) is 12.1 Å². The Morgan fingerprint density at radius 1 is 1.14 bits per heavy atom. The molecular formula is C16H24N4O. The van der Waals surface area contributed by atoms with Crippen LogP contribution in [0.3, 0.4) is 0 Å². The number of likely N-dealkylation sites (N-methyl/N-ethyl adjacent to an activating group) is 1. The van der Waals surface area contributed by atoms with E-state index in [2.05, 4.69) is 36.4 Å². The Kier molecular flexibility index (Phi) is 3.76. The molecule has 0 bridgehead atoms. The molecule has 3 rings (SSSR count). The van der Waals surface area contributed by atoms with Gasteiger partial charge in [-0.1, -0.05) is 6.07 Å². The minimum absolute atomic E-state index is 0.134. The zero-order chi connectivity index (χ0) is 15.0. The lowest BCUT2D eigenvalue weighted by atomic mass is 10.0. The molecule has 21 heavy (non-hydrogen) atoms. The average Bonchev–Trinajstić information content (AvgIpc) is 2.51. The number of nitrogens with one attached hydrogen (secondary N) is 2. The normalized spacial score (nSPS) is 25.8. The summed E-state index contributed by atoms with van der Waals surface area (Å²) in [4.78, 5) is 17.2. The average molecular weight is 288 g/mol. The molecule has 2 heterocycles. The van der Waals surface area contributed by atoms with Crippen LogP contribution in [0.15, 0.2) is 18.2 Å². The fourth-order valence-corrected chi connectivity index (χ4v) is 3.19. The van der Waals surface area contributed by atoms with Gasteiger partial charge in [0.1, 0.15) is 0 Å². The first kappa shape index (κ1) is 14.2. The number of nitrogens with zero attached hydrogens (tertiary/aromatic N) is 2. The first-order chi connectivity index (χ1) is 10.1. The largest absolute Gasteiger partial charge is 0.382 e. The van der Waals surface area contributed by atoms with Crippen LogP contribution in [0.25, 0.3) is 0 Å². The molecule has 5 nitrogen and oxygen atoms in total. The van der Waals surface area contributed by atoms with Crippen LogP contribution in [0.5, 0.6) is 0 Å². The third kappa shape index (κ3) is 2.58. The molecule has 2 N–H and O–H groups in total. The molecule has 0 spiro atoms. The number of amides is 1. The minimum atomic E-state index is 0.134. The van der Waals surface area contributed by atoms with Crippen molar-refractivity contribution < 1.29 is 4.79 Å². The van der Waals surface area contributed by atoms with Gasteiger partial charge in [0, 0.05) is 38.3 Å². The summed E-state index contributed by atoms with van der Waals surface area (Å²) in [5, 5.41) is 6.71. The van der Waals surface area contributed by atoms with E-state index in [9.17, 15) is 4.79 Å². The van der Waals surface area contributed by atoms with Crippen LogP contribution in [-0.4, -0.2) is 61.0 Å². The minimum Gasteiger partial charge on any atom is -0.382 e. The first-order valence-corrected chi connectivity index (χ1v) is 7.70. The highest BCUT2D eigenvalue weighted by molar-refractivity contribution is 6.02. The van der Waals surface area contributed by atoms with Gasteiger partial charge in [-0.3, -0.25) is 9.69 Å². The maximum Gasteiger partial charge on any atom is 0.256 e. The summed E-state index contributed by atoms with van der Waals surface area (Å²) in [5.41, 5.74) is 2.76. The van der Waals surface area contributed by atoms with E-state index < -0.39 is 0 Å². The Balaban J connectivity index is 1.86. The number of fused-ring (bicyclic) bond motifs is 1. The lowest BCUT2D eigenvalue weighted by Gasteiger charge is -2.42. The molecule has 2 unspecified atom stereocenters. The Morgan fingerprint density at radius 3 is 2.52 bits per heavy atom. The van der Waals surface area contributed by atoms with Crippen LogP contribution in [0.2, 0.25) is 0 Å². The molecule has 0 aliphatic carbocycles. The molecule has 2 aliphatic heterocycles. The van der Waals surface area contributed by atoms with Gasteiger partial charge in [0.05, 0.1) is 16.9 Å². The standard InChI is InChI=1S/C16H24N4O/c1-11-9-20(10-12(2)19(11)3)16(21)13-5-4-6-14-15(13)18-8-7-17-14/h4-6,11-12,17-18H,7-10H2,1-3H3. The Bertz CT molecular complexity index is 533. The van der Waals surface area contributed by atoms with E-state index in [1.165, 1.54) is 0 Å². The molecule has 0 saturated carbocycles. The number of carbonyl (C=O) groups excluding carboxylic acids is 1. The summed E-state index contributed by atoms with van der Waals surface area (Å²) in [6, 6.07) is 6.68. The van der Waals surface area contributed by atoms with Gasteiger partial charge in [0.25, 0.3) is 5.91 Å². The smallest absolute Gasteiger partial charge is 0.256 e. The third-order valence-corrected chi connectivity index (χ3v) is 4.68. The van der Waals surface area contributed by atoms with Crippen molar-refractivity contribution in [3.05, 3.63) is 23.8 Å². The van der Waals surface area contributed by atoms with Gasteiger partial charge >= 0.3 is 0 Å². The number of benzene rings is 1. The Labute approximate surface area is 126 Å². The van der Waals surface area contributed by atoms with Crippen LogP contribution in [0.1, 0.15) is 24.2 Å². The zero-order valence-corrected chi connectivity index (χ0v) is 13.0. The fourth-order valence-electron chi connectivity index (χ4n) is 3.19. The molecule has 5 heteroatoms. The van der Waals surface area contributed by atoms with Crippen LogP contribution in [0.4, 0.5) is 11.4 Å². The molecule has 1 saturated heterocycles. The highest BCUT2D eigenvalue weighted by atomic mass is 16.2. The quantitative estimate of drug-likeness (QED) is 0.825. The van der Waals surface area contributed by atoms with Crippen molar-refractivity contribution in [1.29, 1.82) is 0 Å². The van der Waals surface area contributed by atoms with Crippen LogP contribution >= 0.6 is 0 Å². The van der Waals surface area contributed by atoms with Crippen LogP contribution in [-0.2, 0) is 0 Å². The second kappa shape index (κ2) is 5.56. The molecule has 1 amide bonds. The summed E-state index contributed by atoms with van der Waals surface area (Å²) >= 11 is 0. The monoisotopic (exact) mass is 288 g/mol. The molecule has 114 valence electrons. The van der Waals surface area contributed by atoms with Crippen LogP contribution in [0, 0.1) is 0 Å². The lowest BCUT2D eigenvalue weighted by Crippen LogP contribution is -2.56. The number of anilines is 2. The first-order valence-electron chi connectivity index (χ1n) is 7.70. The van der Waals surface area contributed by atoms with Crippen molar-refractivity contribution in [2.24, 2.45) is 0 Å². The summed E-state index contributed by atoms with van der Waals surface area (Å²) in [7, 11) is 2.13. The molecular weight excluding hydrogens is 264 g/mol. The van der Waals surface area contributed by atoms with E-state index in [0.717, 1.165) is 43.1 Å². The highest BCUT2D eigenvalue weighted by Crippen LogP contribution is 2.30. The molecule has 1 aromatic carbocycles. The van der Waals surface area contributed by atoms with E-state index in [1.807, 2.05) is 23.1 Å². The molecule has 2 aliphatic rings. The number of para-hydroxylation sites is 1. The van der Waals surface area contributed by atoms with E-state index >= 15 is 0 Å². The van der Waals surface area contributed by atoms with E-state index in [1.54, 1.807) is 0 Å². The second-order valence-corrected chi connectivity index (χ2v) is 6.16. The Morgan fingerprint density at radius 2 is 1.81 bits per heavy atom. The fraction of sp³-hybridized carbons (Fsp3) is 0.562. The van der Waals surface area contributed by atoms with Crippen molar-refractivity contribution >= 4 is 17.3 Å². The van der Waals surface area contributed by atoms with Gasteiger partial charge in [-0.2, -0.15) is 0 Å². The van der Waals surface area contributed by atoms with Gasteiger partial charge in [0.15, 0.2) is 0 Å². The predicted octanol–water partition coefficient (Wildman–Crippen LogP) is 1.69. The summed E-state index contributed by atoms with van der Waals surface area (Å²) in [6.45, 7) is 7.68. The molecule has 0 aromatic heterocycles. The number of piperazine rings is 1. The lowest BCUT2D eigenvalue weighted by molar-refractivity contribution is 0.0415. The molecule has 1 fully saturated rings. The maximum atomic E-state index is 12.9. The summed E-state index contributed by atoms with van der Waals surface area (Å²) in [5.74, 6) is 0.134. The van der Waals surface area contributed by atoms with Gasteiger partial charge in [-0.05, 0) is 33.0 Å². The number of hydrogen-bond acceptors (Lipinski definition) is 4. The number of hydrogen-bond donors (Lipinski definition) is 2. The Hall–Kier alpha value is -1.75. The number of carbonyl (C=O) groups is 1. The third-order valence-electron chi connectivity index (χ3n) is 4.68. The van der Waals surface area contributed by atoms with E-state index in [4.69, 9.17) is 0 Å². The zero-order valence-electron chi connectivity index (χ0n) is 13.0. The summed E-state index contributed by atoms with van der Waals surface area (Å²) in [6.07, 6.45) is 0. The summed E-state index contributed by atoms with van der Waals surface area (Å²) < 4.78 is 0. The molecule has 2 atom stereocenters. The van der Waals surface area contributed by atoms with Crippen molar-refractivity contribution in [3.8, 4) is 0 Å². The van der Waals surface area contributed by atoms with Gasteiger partial charge in [-0.25, -0.2) is 0 Å². The highest BCUT2D eigenvalue weighted by Gasteiger charge is 2.31. The molecule has 0 radical (unpaired) electrons. The van der Waals surface area contributed by atoms with Crippen molar-refractivity contribution in [2.45, 2.75) is 25.9 Å². The topological polar surface area (TPSA) is 47.6 Å². The van der Waals surface area contributed by atoms with Gasteiger partial charge < -0.3 is 15.5 Å². The number of rotatable bonds is 1. The van der Waals surface area contributed by atoms with Crippen molar-refractivity contribution in [3.63, 3.8) is 0 Å². The molecule has 1 aromatic rings. The van der Waals surface area contributed by atoms with Crippen LogP contribution < -0.4 is 10.6 Å². The second-order valence-electron chi connectivity index (χ2n) is 6.16. The SMILES string of the molecule is CC1CN(C(=O)c2cccc3c2NCCN3)CC(C)N1C. The van der Waals surface area contributed by atoms with Gasteiger partial charge in [0.2, 0.25) is 0 Å². The van der Waals surface area contributed by atoms with Crippen molar-refractivity contribution in [2.75, 3.05) is 43.9 Å². The van der Waals surface area contributed by atoms with Gasteiger partial charge in [-0.15, -0.1) is 0 Å².